The molecule has 22 heavy (non-hydrogen) atoms. The van der Waals surface area contributed by atoms with Gasteiger partial charge in [0.15, 0.2) is 0 Å². The highest BCUT2D eigenvalue weighted by atomic mass is 35.5. The third-order valence-electron chi connectivity index (χ3n) is 3.60. The number of rotatable bonds is 3. The van der Waals surface area contributed by atoms with Crippen LogP contribution in [0.2, 0.25) is 5.02 Å². The lowest BCUT2D eigenvalue weighted by Crippen LogP contribution is -2.02. The van der Waals surface area contributed by atoms with Gasteiger partial charge in [0, 0.05) is 35.1 Å². The molecule has 3 aromatic rings. The molecule has 0 saturated carbocycles. The molecule has 0 atom stereocenters. The number of carbonyl (C=O) groups excluding carboxylic acids is 1. The molecule has 0 unspecified atom stereocenters. The highest BCUT2D eigenvalue weighted by Gasteiger charge is 2.08. The summed E-state index contributed by atoms with van der Waals surface area (Å²) >= 11 is 5.93. The van der Waals surface area contributed by atoms with Crippen LogP contribution in [0.25, 0.3) is 10.9 Å². The van der Waals surface area contributed by atoms with Crippen molar-refractivity contribution in [1.82, 2.24) is 4.57 Å². The van der Waals surface area contributed by atoms with E-state index in [1.54, 1.807) is 0 Å². The van der Waals surface area contributed by atoms with Gasteiger partial charge in [-0.05, 0) is 48.9 Å². The second-order valence-corrected chi connectivity index (χ2v) is 5.75. The SMILES string of the molecule is CC(=O)Oc1ccc2c(c1)cc(C)n2Cc1ccc(Cl)cc1. The van der Waals surface area contributed by atoms with Gasteiger partial charge in [-0.3, -0.25) is 4.79 Å². The average Bonchev–Trinajstić information content (AvgIpc) is 2.76. The summed E-state index contributed by atoms with van der Waals surface area (Å²) in [5.41, 5.74) is 3.46. The Bertz CT molecular complexity index is 834. The summed E-state index contributed by atoms with van der Waals surface area (Å²) < 4.78 is 7.37. The van der Waals surface area contributed by atoms with Gasteiger partial charge in [0.05, 0.1) is 0 Å². The van der Waals surface area contributed by atoms with Crippen molar-refractivity contribution in [2.75, 3.05) is 0 Å². The summed E-state index contributed by atoms with van der Waals surface area (Å²) in [6.07, 6.45) is 0. The largest absolute Gasteiger partial charge is 0.427 e. The molecule has 0 fully saturated rings. The molecule has 0 bridgehead atoms. The number of ether oxygens (including phenoxy) is 1. The zero-order valence-corrected chi connectivity index (χ0v) is 13.2. The second kappa shape index (κ2) is 5.85. The Morgan fingerprint density at radius 3 is 2.55 bits per heavy atom. The first-order valence-electron chi connectivity index (χ1n) is 7.06. The summed E-state index contributed by atoms with van der Waals surface area (Å²) in [6.45, 7) is 4.25. The highest BCUT2D eigenvalue weighted by Crippen LogP contribution is 2.25. The molecule has 0 spiro atoms. The van der Waals surface area contributed by atoms with Crippen molar-refractivity contribution in [3.63, 3.8) is 0 Å². The zero-order valence-electron chi connectivity index (χ0n) is 12.5. The van der Waals surface area contributed by atoms with Gasteiger partial charge in [0.2, 0.25) is 0 Å². The van der Waals surface area contributed by atoms with Crippen LogP contribution in [-0.4, -0.2) is 10.5 Å². The van der Waals surface area contributed by atoms with Crippen molar-refractivity contribution >= 4 is 28.5 Å². The molecule has 2 aromatic carbocycles. The molecule has 0 amide bonds. The second-order valence-electron chi connectivity index (χ2n) is 5.31. The van der Waals surface area contributed by atoms with Gasteiger partial charge in [-0.1, -0.05) is 23.7 Å². The summed E-state index contributed by atoms with van der Waals surface area (Å²) in [4.78, 5) is 11.1. The van der Waals surface area contributed by atoms with Gasteiger partial charge in [-0.25, -0.2) is 0 Å². The molecule has 0 radical (unpaired) electrons. The lowest BCUT2D eigenvalue weighted by Gasteiger charge is -2.09. The Hall–Kier alpha value is -2.26. The molecule has 4 heteroatoms. The van der Waals surface area contributed by atoms with Gasteiger partial charge in [-0.2, -0.15) is 0 Å². The molecule has 0 saturated heterocycles. The van der Waals surface area contributed by atoms with Crippen molar-refractivity contribution in [2.45, 2.75) is 20.4 Å². The van der Waals surface area contributed by atoms with Crippen molar-refractivity contribution in [2.24, 2.45) is 0 Å². The van der Waals surface area contributed by atoms with Crippen molar-refractivity contribution in [1.29, 1.82) is 0 Å². The molecule has 3 nitrogen and oxygen atoms in total. The normalized spacial score (nSPS) is 10.9. The number of hydrogen-bond donors (Lipinski definition) is 0. The number of benzene rings is 2. The van der Waals surface area contributed by atoms with E-state index in [2.05, 4.69) is 17.6 Å². The van der Waals surface area contributed by atoms with Crippen LogP contribution in [0.1, 0.15) is 18.2 Å². The van der Waals surface area contributed by atoms with Gasteiger partial charge in [0.25, 0.3) is 0 Å². The van der Waals surface area contributed by atoms with Crippen LogP contribution in [0.5, 0.6) is 5.75 Å². The van der Waals surface area contributed by atoms with Crippen molar-refractivity contribution in [3.8, 4) is 5.75 Å². The fourth-order valence-corrected chi connectivity index (χ4v) is 2.72. The molecule has 112 valence electrons. The average molecular weight is 314 g/mol. The Labute approximate surface area is 134 Å². The van der Waals surface area contributed by atoms with Gasteiger partial charge < -0.3 is 9.30 Å². The molecular weight excluding hydrogens is 298 g/mol. The molecule has 3 rings (SSSR count). The number of hydrogen-bond acceptors (Lipinski definition) is 2. The van der Waals surface area contributed by atoms with Crippen LogP contribution in [0.15, 0.2) is 48.5 Å². The number of aromatic nitrogens is 1. The number of esters is 1. The molecular formula is C18H16ClNO2. The van der Waals surface area contributed by atoms with Gasteiger partial charge in [-0.15, -0.1) is 0 Å². The first kappa shape index (κ1) is 14.7. The van der Waals surface area contributed by atoms with Crippen LogP contribution in [0, 0.1) is 6.92 Å². The first-order valence-corrected chi connectivity index (χ1v) is 7.43. The minimum Gasteiger partial charge on any atom is -0.427 e. The van der Waals surface area contributed by atoms with E-state index in [4.69, 9.17) is 16.3 Å². The van der Waals surface area contributed by atoms with E-state index in [1.807, 2.05) is 42.5 Å². The minimum absolute atomic E-state index is 0.309. The highest BCUT2D eigenvalue weighted by molar-refractivity contribution is 6.30. The smallest absolute Gasteiger partial charge is 0.308 e. The van der Waals surface area contributed by atoms with E-state index in [0.717, 1.165) is 28.2 Å². The molecule has 0 aliphatic carbocycles. The molecule has 0 aliphatic heterocycles. The van der Waals surface area contributed by atoms with E-state index in [0.29, 0.717) is 5.75 Å². The van der Waals surface area contributed by atoms with E-state index in [1.165, 1.54) is 12.5 Å². The summed E-state index contributed by atoms with van der Waals surface area (Å²) in [7, 11) is 0. The third-order valence-corrected chi connectivity index (χ3v) is 3.85. The standard InChI is InChI=1S/C18H16ClNO2/c1-12-9-15-10-17(22-13(2)21)7-8-18(15)20(12)11-14-3-5-16(19)6-4-14/h3-10H,11H2,1-2H3. The summed E-state index contributed by atoms with van der Waals surface area (Å²) in [5, 5.41) is 1.80. The molecule has 1 heterocycles. The maximum atomic E-state index is 11.1. The van der Waals surface area contributed by atoms with Crippen LogP contribution in [0.3, 0.4) is 0 Å². The Kier molecular flexibility index (Phi) is 3.90. The Morgan fingerprint density at radius 1 is 1.14 bits per heavy atom. The van der Waals surface area contributed by atoms with Crippen molar-refractivity contribution in [3.05, 3.63) is 64.8 Å². The Balaban J connectivity index is 1.97. The lowest BCUT2D eigenvalue weighted by atomic mass is 10.2. The predicted octanol–water partition coefficient (Wildman–Crippen LogP) is 4.58. The van der Waals surface area contributed by atoms with E-state index in [-0.39, 0.29) is 5.97 Å². The number of halogens is 1. The van der Waals surface area contributed by atoms with Crippen LogP contribution < -0.4 is 4.74 Å². The van der Waals surface area contributed by atoms with Crippen LogP contribution in [-0.2, 0) is 11.3 Å². The fourth-order valence-electron chi connectivity index (χ4n) is 2.60. The Morgan fingerprint density at radius 2 is 1.86 bits per heavy atom. The first-order chi connectivity index (χ1) is 10.5. The van der Waals surface area contributed by atoms with E-state index in [9.17, 15) is 4.79 Å². The zero-order chi connectivity index (χ0) is 15.7. The van der Waals surface area contributed by atoms with Crippen molar-refractivity contribution < 1.29 is 9.53 Å². The minimum atomic E-state index is -0.309. The summed E-state index contributed by atoms with van der Waals surface area (Å²) in [6, 6.07) is 15.6. The molecule has 0 aliphatic rings. The maximum Gasteiger partial charge on any atom is 0.308 e. The predicted molar refractivity (Wildman–Crippen MR) is 88.5 cm³/mol. The maximum absolute atomic E-state index is 11.1. The molecule has 1 aromatic heterocycles. The molecule has 0 N–H and O–H groups in total. The third kappa shape index (κ3) is 3.00. The monoisotopic (exact) mass is 313 g/mol. The number of carbonyl (C=O) groups is 1. The quantitative estimate of drug-likeness (QED) is 0.523. The lowest BCUT2D eigenvalue weighted by molar-refractivity contribution is -0.131. The van der Waals surface area contributed by atoms with Gasteiger partial charge >= 0.3 is 5.97 Å². The summed E-state index contributed by atoms with van der Waals surface area (Å²) in [5.74, 6) is 0.264. The van der Waals surface area contributed by atoms with Crippen LogP contribution >= 0.6 is 11.6 Å². The number of aryl methyl sites for hydroxylation is 1. The van der Waals surface area contributed by atoms with E-state index < -0.39 is 0 Å². The van der Waals surface area contributed by atoms with Gasteiger partial charge in [0.1, 0.15) is 5.75 Å². The van der Waals surface area contributed by atoms with E-state index >= 15 is 0 Å². The topological polar surface area (TPSA) is 31.2 Å². The van der Waals surface area contributed by atoms with Crippen LogP contribution in [0.4, 0.5) is 0 Å². The fraction of sp³-hybridized carbons (Fsp3) is 0.167. The number of nitrogens with zero attached hydrogens (tertiary/aromatic N) is 1. The number of fused-ring (bicyclic) bond motifs is 1.